The molecule has 1 amide bonds. The summed E-state index contributed by atoms with van der Waals surface area (Å²) in [5.74, 6) is 0.358. The standard InChI is InChI=1S/C23H29N3O3/c27-22-12-5-4-11-21(22)25-16-14-24(15-17-25)13-7-6-10-20-18-26(23(28)29-20)19-8-2-1-3-9-19/h1-5,8-9,11-12,20,27H,6-7,10,13-18H2. The molecule has 2 aromatic rings. The summed E-state index contributed by atoms with van der Waals surface area (Å²) in [5.41, 5.74) is 1.83. The van der Waals surface area contributed by atoms with Crippen molar-refractivity contribution in [2.24, 2.45) is 0 Å². The van der Waals surface area contributed by atoms with Gasteiger partial charge in [-0.3, -0.25) is 9.80 Å². The van der Waals surface area contributed by atoms with Gasteiger partial charge in [0.15, 0.2) is 0 Å². The van der Waals surface area contributed by atoms with E-state index in [0.717, 1.165) is 63.4 Å². The van der Waals surface area contributed by atoms with Gasteiger partial charge in [0.2, 0.25) is 0 Å². The Kier molecular flexibility index (Phi) is 6.20. The molecular formula is C23H29N3O3. The summed E-state index contributed by atoms with van der Waals surface area (Å²) >= 11 is 0. The normalized spacial score (nSPS) is 20.1. The fraction of sp³-hybridized carbons (Fsp3) is 0.435. The van der Waals surface area contributed by atoms with Crippen molar-refractivity contribution < 1.29 is 14.6 Å². The number of hydrogen-bond acceptors (Lipinski definition) is 5. The van der Waals surface area contributed by atoms with Crippen LogP contribution in [0.5, 0.6) is 5.75 Å². The Labute approximate surface area is 172 Å². The number of unbranched alkanes of at least 4 members (excludes halogenated alkanes) is 1. The van der Waals surface area contributed by atoms with Gasteiger partial charge in [0.25, 0.3) is 0 Å². The number of hydrogen-bond donors (Lipinski definition) is 1. The number of piperazine rings is 1. The molecule has 0 saturated carbocycles. The monoisotopic (exact) mass is 395 g/mol. The summed E-state index contributed by atoms with van der Waals surface area (Å²) in [6.45, 7) is 5.59. The smallest absolute Gasteiger partial charge is 0.414 e. The lowest BCUT2D eigenvalue weighted by molar-refractivity contribution is 0.134. The van der Waals surface area contributed by atoms with E-state index in [0.29, 0.717) is 12.3 Å². The third-order valence-electron chi connectivity index (χ3n) is 5.79. The van der Waals surface area contributed by atoms with E-state index in [1.165, 1.54) is 0 Å². The Balaban J connectivity index is 1.15. The van der Waals surface area contributed by atoms with E-state index in [-0.39, 0.29) is 12.2 Å². The summed E-state index contributed by atoms with van der Waals surface area (Å²) in [6, 6.07) is 17.3. The Morgan fingerprint density at radius 3 is 2.41 bits per heavy atom. The Morgan fingerprint density at radius 1 is 0.931 bits per heavy atom. The van der Waals surface area contributed by atoms with Gasteiger partial charge in [-0.1, -0.05) is 30.3 Å². The first-order valence-corrected chi connectivity index (χ1v) is 10.5. The topological polar surface area (TPSA) is 56.3 Å². The average molecular weight is 396 g/mol. The molecule has 4 rings (SSSR count). The van der Waals surface area contributed by atoms with Crippen molar-refractivity contribution in [3.63, 3.8) is 0 Å². The number of phenols is 1. The second-order valence-corrected chi connectivity index (χ2v) is 7.77. The number of para-hydroxylation sites is 3. The number of rotatable bonds is 7. The molecule has 2 heterocycles. The van der Waals surface area contributed by atoms with Gasteiger partial charge < -0.3 is 14.7 Å². The van der Waals surface area contributed by atoms with Gasteiger partial charge in [0, 0.05) is 31.9 Å². The number of cyclic esters (lactones) is 1. The number of benzene rings is 2. The molecule has 154 valence electrons. The van der Waals surface area contributed by atoms with Crippen molar-refractivity contribution in [2.45, 2.75) is 25.4 Å². The summed E-state index contributed by atoms with van der Waals surface area (Å²) < 4.78 is 5.54. The van der Waals surface area contributed by atoms with Gasteiger partial charge in [0.1, 0.15) is 11.9 Å². The quantitative estimate of drug-likeness (QED) is 0.725. The van der Waals surface area contributed by atoms with Gasteiger partial charge >= 0.3 is 6.09 Å². The highest BCUT2D eigenvalue weighted by Gasteiger charge is 2.31. The van der Waals surface area contributed by atoms with E-state index < -0.39 is 0 Å². The highest BCUT2D eigenvalue weighted by Crippen LogP contribution is 2.27. The van der Waals surface area contributed by atoms with Crippen LogP contribution in [0, 0.1) is 0 Å². The van der Waals surface area contributed by atoms with Crippen LogP contribution in [0.4, 0.5) is 16.2 Å². The number of aromatic hydroxyl groups is 1. The lowest BCUT2D eigenvalue weighted by atomic mass is 10.1. The van der Waals surface area contributed by atoms with E-state index in [9.17, 15) is 9.90 Å². The van der Waals surface area contributed by atoms with E-state index in [1.54, 1.807) is 11.0 Å². The molecule has 0 spiro atoms. The molecule has 2 fully saturated rings. The molecule has 1 N–H and O–H groups in total. The molecule has 2 saturated heterocycles. The summed E-state index contributed by atoms with van der Waals surface area (Å²) in [5, 5.41) is 10.0. The molecule has 2 aromatic carbocycles. The van der Waals surface area contributed by atoms with Crippen molar-refractivity contribution in [2.75, 3.05) is 49.1 Å². The van der Waals surface area contributed by atoms with Crippen molar-refractivity contribution in [3.8, 4) is 5.75 Å². The highest BCUT2D eigenvalue weighted by molar-refractivity contribution is 5.89. The molecule has 0 radical (unpaired) electrons. The van der Waals surface area contributed by atoms with Crippen LogP contribution in [0.25, 0.3) is 0 Å². The minimum atomic E-state index is -0.235. The predicted octanol–water partition coefficient (Wildman–Crippen LogP) is 3.71. The van der Waals surface area contributed by atoms with E-state index in [4.69, 9.17) is 4.74 Å². The first-order valence-electron chi connectivity index (χ1n) is 10.5. The molecule has 1 atom stereocenters. The Hall–Kier alpha value is -2.73. The van der Waals surface area contributed by atoms with Crippen LogP contribution in [0.15, 0.2) is 54.6 Å². The molecule has 29 heavy (non-hydrogen) atoms. The number of phenolic OH excluding ortho intramolecular Hbond substituents is 1. The second-order valence-electron chi connectivity index (χ2n) is 7.77. The first-order chi connectivity index (χ1) is 14.2. The largest absolute Gasteiger partial charge is 0.506 e. The molecule has 6 heteroatoms. The third kappa shape index (κ3) is 4.82. The summed E-state index contributed by atoms with van der Waals surface area (Å²) in [7, 11) is 0. The van der Waals surface area contributed by atoms with Crippen LogP contribution in [0.3, 0.4) is 0 Å². The molecule has 1 unspecified atom stereocenters. The van der Waals surface area contributed by atoms with E-state index >= 15 is 0 Å². The molecule has 2 aliphatic rings. The van der Waals surface area contributed by atoms with Crippen molar-refractivity contribution >= 4 is 17.5 Å². The number of anilines is 2. The zero-order chi connectivity index (χ0) is 20.1. The number of ether oxygens (including phenoxy) is 1. The lowest BCUT2D eigenvalue weighted by Crippen LogP contribution is -2.46. The number of nitrogens with zero attached hydrogens (tertiary/aromatic N) is 3. The second kappa shape index (κ2) is 9.18. The van der Waals surface area contributed by atoms with Gasteiger partial charge in [-0.15, -0.1) is 0 Å². The minimum absolute atomic E-state index is 0.0133. The molecule has 0 bridgehead atoms. The number of amides is 1. The number of carbonyl (C=O) groups excluding carboxylic acids is 1. The number of carbonyl (C=O) groups is 1. The zero-order valence-corrected chi connectivity index (χ0v) is 16.7. The fourth-order valence-electron chi connectivity index (χ4n) is 4.14. The van der Waals surface area contributed by atoms with E-state index in [1.807, 2.05) is 48.5 Å². The summed E-state index contributed by atoms with van der Waals surface area (Å²) in [6.07, 6.45) is 2.82. The molecule has 6 nitrogen and oxygen atoms in total. The minimum Gasteiger partial charge on any atom is -0.506 e. The Bertz CT molecular complexity index is 806. The van der Waals surface area contributed by atoms with Gasteiger partial charge in [-0.05, 0) is 50.1 Å². The first kappa shape index (κ1) is 19.6. The van der Waals surface area contributed by atoms with Gasteiger partial charge in [0.05, 0.1) is 12.2 Å². The molecule has 0 aliphatic carbocycles. The lowest BCUT2D eigenvalue weighted by Gasteiger charge is -2.36. The SMILES string of the molecule is O=C1OC(CCCCN2CCN(c3ccccc3O)CC2)CN1c1ccccc1. The maximum absolute atomic E-state index is 12.1. The molecule has 2 aliphatic heterocycles. The van der Waals surface area contributed by atoms with Crippen LogP contribution in [-0.2, 0) is 4.74 Å². The van der Waals surface area contributed by atoms with Crippen molar-refractivity contribution in [1.29, 1.82) is 0 Å². The van der Waals surface area contributed by atoms with Crippen LogP contribution in [0.1, 0.15) is 19.3 Å². The zero-order valence-electron chi connectivity index (χ0n) is 16.7. The van der Waals surface area contributed by atoms with Crippen LogP contribution < -0.4 is 9.80 Å². The van der Waals surface area contributed by atoms with Gasteiger partial charge in [-0.25, -0.2) is 4.79 Å². The predicted molar refractivity (Wildman–Crippen MR) is 115 cm³/mol. The van der Waals surface area contributed by atoms with Crippen LogP contribution >= 0.6 is 0 Å². The molecular weight excluding hydrogens is 366 g/mol. The third-order valence-corrected chi connectivity index (χ3v) is 5.79. The summed E-state index contributed by atoms with van der Waals surface area (Å²) in [4.78, 5) is 18.6. The maximum atomic E-state index is 12.1. The van der Waals surface area contributed by atoms with E-state index in [2.05, 4.69) is 9.80 Å². The maximum Gasteiger partial charge on any atom is 0.414 e. The fourth-order valence-corrected chi connectivity index (χ4v) is 4.14. The van der Waals surface area contributed by atoms with Gasteiger partial charge in [-0.2, -0.15) is 0 Å². The van der Waals surface area contributed by atoms with Crippen molar-refractivity contribution in [1.82, 2.24) is 4.90 Å². The molecule has 0 aromatic heterocycles. The Morgan fingerprint density at radius 2 is 1.66 bits per heavy atom. The van der Waals surface area contributed by atoms with Crippen LogP contribution in [-0.4, -0.2) is 61.5 Å². The van der Waals surface area contributed by atoms with Crippen LogP contribution in [0.2, 0.25) is 0 Å². The highest BCUT2D eigenvalue weighted by atomic mass is 16.6. The van der Waals surface area contributed by atoms with Crippen molar-refractivity contribution in [3.05, 3.63) is 54.6 Å². The average Bonchev–Trinajstić information content (AvgIpc) is 3.13.